The zero-order valence-corrected chi connectivity index (χ0v) is 8.41. The van der Waals surface area contributed by atoms with Gasteiger partial charge in [0, 0.05) is 11.9 Å². The van der Waals surface area contributed by atoms with Gasteiger partial charge in [0.1, 0.15) is 6.04 Å². The van der Waals surface area contributed by atoms with E-state index in [1.165, 1.54) is 11.3 Å². The van der Waals surface area contributed by atoms with Crippen LogP contribution in [0, 0.1) is 0 Å². The zero-order valence-electron chi connectivity index (χ0n) is 7.60. The molecular formula is C8H12N2O2S. The first-order chi connectivity index (χ1) is 6.11. The van der Waals surface area contributed by atoms with Gasteiger partial charge in [-0.2, -0.15) is 0 Å². The second-order valence-electron chi connectivity index (χ2n) is 2.91. The van der Waals surface area contributed by atoms with Crippen LogP contribution in [0.2, 0.25) is 0 Å². The number of carboxylic acid groups (broad SMARTS) is 1. The molecular weight excluding hydrogens is 188 g/mol. The highest BCUT2D eigenvalue weighted by Gasteiger charge is 2.16. The van der Waals surface area contributed by atoms with Crippen LogP contribution in [-0.2, 0) is 11.3 Å². The molecule has 0 fully saturated rings. The minimum absolute atomic E-state index is 0.471. The summed E-state index contributed by atoms with van der Waals surface area (Å²) in [6, 6.07) is -0.471. The maximum atomic E-state index is 10.6. The normalized spacial score (nSPS) is 13.2. The number of nitrogens with zero attached hydrogens (tertiary/aromatic N) is 2. The highest BCUT2D eigenvalue weighted by Crippen LogP contribution is 2.06. The molecule has 0 aliphatic rings. The molecule has 4 nitrogen and oxygen atoms in total. The van der Waals surface area contributed by atoms with E-state index in [2.05, 4.69) is 4.98 Å². The SMILES string of the molecule is CC(C(=O)O)N(C)Cc1cscn1. The monoisotopic (exact) mass is 200 g/mol. The predicted molar refractivity (Wildman–Crippen MR) is 50.7 cm³/mol. The second kappa shape index (κ2) is 4.34. The van der Waals surface area contributed by atoms with Crippen LogP contribution in [-0.4, -0.2) is 34.0 Å². The molecule has 0 amide bonds. The zero-order chi connectivity index (χ0) is 9.84. The van der Waals surface area contributed by atoms with E-state index in [0.29, 0.717) is 6.54 Å². The molecule has 0 spiro atoms. The molecule has 72 valence electrons. The van der Waals surface area contributed by atoms with Gasteiger partial charge in [-0.15, -0.1) is 11.3 Å². The number of rotatable bonds is 4. The van der Waals surface area contributed by atoms with Crippen LogP contribution in [0.5, 0.6) is 0 Å². The summed E-state index contributed by atoms with van der Waals surface area (Å²) in [6.07, 6.45) is 0. The molecule has 0 saturated heterocycles. The number of likely N-dealkylation sites (N-methyl/N-ethyl adjacent to an activating group) is 1. The fraction of sp³-hybridized carbons (Fsp3) is 0.500. The Bertz CT molecular complexity index is 274. The average Bonchev–Trinajstić information content (AvgIpc) is 2.55. The number of thiazole rings is 1. The Hall–Kier alpha value is -0.940. The van der Waals surface area contributed by atoms with Gasteiger partial charge < -0.3 is 5.11 Å². The molecule has 1 aromatic rings. The Morgan fingerprint density at radius 2 is 2.54 bits per heavy atom. The lowest BCUT2D eigenvalue weighted by Crippen LogP contribution is -2.35. The molecule has 1 heterocycles. The van der Waals surface area contributed by atoms with Crippen molar-refractivity contribution in [3.8, 4) is 0 Å². The van der Waals surface area contributed by atoms with Gasteiger partial charge in [0.05, 0.1) is 11.2 Å². The van der Waals surface area contributed by atoms with Crippen molar-refractivity contribution < 1.29 is 9.90 Å². The molecule has 1 aromatic heterocycles. The average molecular weight is 200 g/mol. The van der Waals surface area contributed by atoms with Crippen molar-refractivity contribution in [1.82, 2.24) is 9.88 Å². The molecule has 13 heavy (non-hydrogen) atoms. The van der Waals surface area contributed by atoms with Crippen molar-refractivity contribution in [2.45, 2.75) is 19.5 Å². The van der Waals surface area contributed by atoms with Gasteiger partial charge in [-0.05, 0) is 14.0 Å². The lowest BCUT2D eigenvalue weighted by Gasteiger charge is -2.19. The molecule has 0 aliphatic heterocycles. The van der Waals surface area contributed by atoms with Gasteiger partial charge in [0.15, 0.2) is 0 Å². The molecule has 0 aromatic carbocycles. The summed E-state index contributed by atoms with van der Waals surface area (Å²) >= 11 is 1.52. The molecule has 1 rings (SSSR count). The first kappa shape index (κ1) is 10.1. The van der Waals surface area contributed by atoms with Gasteiger partial charge in [-0.25, -0.2) is 4.98 Å². The lowest BCUT2D eigenvalue weighted by molar-refractivity contribution is -0.142. The van der Waals surface area contributed by atoms with Crippen LogP contribution >= 0.6 is 11.3 Å². The highest BCUT2D eigenvalue weighted by atomic mass is 32.1. The first-order valence-corrected chi connectivity index (χ1v) is 4.85. The smallest absolute Gasteiger partial charge is 0.320 e. The molecule has 0 radical (unpaired) electrons. The van der Waals surface area contributed by atoms with Crippen molar-refractivity contribution >= 4 is 17.3 Å². The Kier molecular flexibility index (Phi) is 3.39. The van der Waals surface area contributed by atoms with E-state index in [4.69, 9.17) is 5.11 Å². The largest absolute Gasteiger partial charge is 0.480 e. The van der Waals surface area contributed by atoms with Crippen molar-refractivity contribution in [2.75, 3.05) is 7.05 Å². The number of carbonyl (C=O) groups is 1. The van der Waals surface area contributed by atoms with Gasteiger partial charge in [0.2, 0.25) is 0 Å². The van der Waals surface area contributed by atoms with E-state index in [9.17, 15) is 4.79 Å². The quantitative estimate of drug-likeness (QED) is 0.789. The van der Waals surface area contributed by atoms with Crippen LogP contribution in [0.4, 0.5) is 0 Å². The van der Waals surface area contributed by atoms with Gasteiger partial charge in [0.25, 0.3) is 0 Å². The van der Waals surface area contributed by atoms with Gasteiger partial charge in [-0.3, -0.25) is 9.69 Å². The fourth-order valence-electron chi connectivity index (χ4n) is 0.897. The van der Waals surface area contributed by atoms with Crippen LogP contribution in [0.1, 0.15) is 12.6 Å². The first-order valence-electron chi connectivity index (χ1n) is 3.91. The number of carboxylic acids is 1. The third kappa shape index (κ3) is 2.78. The summed E-state index contributed by atoms with van der Waals surface area (Å²) in [7, 11) is 1.78. The molecule has 5 heteroatoms. The maximum absolute atomic E-state index is 10.6. The summed E-state index contributed by atoms with van der Waals surface area (Å²) in [5, 5.41) is 10.6. The Morgan fingerprint density at radius 1 is 1.85 bits per heavy atom. The van der Waals surface area contributed by atoms with E-state index in [0.717, 1.165) is 5.69 Å². The lowest BCUT2D eigenvalue weighted by atomic mass is 10.3. The number of aromatic nitrogens is 1. The van der Waals surface area contributed by atoms with Crippen molar-refractivity contribution in [3.05, 3.63) is 16.6 Å². The maximum Gasteiger partial charge on any atom is 0.320 e. The van der Waals surface area contributed by atoms with Crippen molar-refractivity contribution in [3.63, 3.8) is 0 Å². The van der Waals surface area contributed by atoms with Crippen LogP contribution < -0.4 is 0 Å². The third-order valence-electron chi connectivity index (χ3n) is 1.91. The predicted octanol–water partition coefficient (Wildman–Crippen LogP) is 1.05. The summed E-state index contributed by atoms with van der Waals surface area (Å²) in [4.78, 5) is 16.4. The topological polar surface area (TPSA) is 53.4 Å². The van der Waals surface area contributed by atoms with Crippen LogP contribution in [0.15, 0.2) is 10.9 Å². The highest BCUT2D eigenvalue weighted by molar-refractivity contribution is 7.07. The molecule has 1 atom stereocenters. The van der Waals surface area contributed by atoms with Crippen molar-refractivity contribution in [1.29, 1.82) is 0 Å². The van der Waals surface area contributed by atoms with Crippen LogP contribution in [0.25, 0.3) is 0 Å². The summed E-state index contributed by atoms with van der Waals surface area (Å²) < 4.78 is 0. The van der Waals surface area contributed by atoms with E-state index >= 15 is 0 Å². The summed E-state index contributed by atoms with van der Waals surface area (Å²) in [5.74, 6) is -0.808. The van der Waals surface area contributed by atoms with Gasteiger partial charge >= 0.3 is 5.97 Å². The molecule has 0 bridgehead atoms. The second-order valence-corrected chi connectivity index (χ2v) is 3.63. The molecule has 1 N–H and O–H groups in total. The molecule has 1 unspecified atom stereocenters. The number of aliphatic carboxylic acids is 1. The number of hydrogen-bond donors (Lipinski definition) is 1. The van der Waals surface area contributed by atoms with E-state index < -0.39 is 12.0 Å². The fourth-order valence-corrected chi connectivity index (χ4v) is 1.45. The van der Waals surface area contributed by atoms with Crippen LogP contribution in [0.3, 0.4) is 0 Å². The van der Waals surface area contributed by atoms with Crippen molar-refractivity contribution in [2.24, 2.45) is 0 Å². The Labute approximate surface area is 80.8 Å². The van der Waals surface area contributed by atoms with E-state index in [1.54, 1.807) is 24.4 Å². The summed E-state index contributed by atoms with van der Waals surface area (Å²) in [5.41, 5.74) is 2.66. The Balaban J connectivity index is 2.50. The minimum atomic E-state index is -0.808. The minimum Gasteiger partial charge on any atom is -0.480 e. The van der Waals surface area contributed by atoms with Gasteiger partial charge in [-0.1, -0.05) is 0 Å². The summed E-state index contributed by atoms with van der Waals surface area (Å²) in [6.45, 7) is 2.24. The molecule has 0 aliphatic carbocycles. The van der Waals surface area contributed by atoms with E-state index in [-0.39, 0.29) is 0 Å². The number of hydrogen-bond acceptors (Lipinski definition) is 4. The standard InChI is InChI=1S/C8H12N2O2S/c1-6(8(11)12)10(2)3-7-4-13-5-9-7/h4-6H,3H2,1-2H3,(H,11,12). The molecule has 0 saturated carbocycles. The third-order valence-corrected chi connectivity index (χ3v) is 2.55. The Morgan fingerprint density at radius 3 is 3.00 bits per heavy atom. The van der Waals surface area contributed by atoms with E-state index in [1.807, 2.05) is 5.38 Å².